The van der Waals surface area contributed by atoms with Gasteiger partial charge in [0.2, 0.25) is 0 Å². The minimum atomic E-state index is 0.0277. The van der Waals surface area contributed by atoms with Crippen molar-refractivity contribution in [1.29, 1.82) is 0 Å². The predicted molar refractivity (Wildman–Crippen MR) is 105 cm³/mol. The molecule has 0 spiro atoms. The Morgan fingerprint density at radius 1 is 1.14 bits per heavy atom. The molecule has 7 nitrogen and oxygen atoms in total. The highest BCUT2D eigenvalue weighted by Crippen LogP contribution is 2.36. The third-order valence-electron chi connectivity index (χ3n) is 5.58. The van der Waals surface area contributed by atoms with E-state index in [0.717, 1.165) is 47.1 Å². The summed E-state index contributed by atoms with van der Waals surface area (Å²) in [5.41, 5.74) is 2.72. The molecule has 1 saturated carbocycles. The number of benzene rings is 1. The fraction of sp³-hybridized carbons (Fsp3) is 0.524. The summed E-state index contributed by atoms with van der Waals surface area (Å²) in [5.74, 6) is 3.67. The molecule has 2 aliphatic rings. The fourth-order valence-corrected chi connectivity index (χ4v) is 3.83. The van der Waals surface area contributed by atoms with Crippen molar-refractivity contribution < 1.29 is 14.2 Å². The third kappa shape index (κ3) is 3.85. The number of nitrogens with one attached hydrogen (secondary N) is 1. The van der Waals surface area contributed by atoms with Gasteiger partial charge >= 0.3 is 0 Å². The lowest BCUT2D eigenvalue weighted by Gasteiger charge is -2.29. The van der Waals surface area contributed by atoms with Crippen molar-refractivity contribution in [3.05, 3.63) is 45.1 Å². The Balaban J connectivity index is 1.58. The van der Waals surface area contributed by atoms with E-state index in [9.17, 15) is 4.79 Å². The molecule has 2 aromatic rings. The average Bonchev–Trinajstić information content (AvgIpc) is 3.51. The van der Waals surface area contributed by atoms with Crippen molar-refractivity contribution in [1.82, 2.24) is 14.9 Å². The number of fused-ring (bicyclic) bond motifs is 1. The second-order valence-corrected chi connectivity index (χ2v) is 7.56. The molecule has 1 aromatic heterocycles. The van der Waals surface area contributed by atoms with Crippen molar-refractivity contribution >= 4 is 0 Å². The van der Waals surface area contributed by atoms with E-state index in [2.05, 4.69) is 9.88 Å². The average molecular weight is 385 g/mol. The lowest BCUT2D eigenvalue weighted by Crippen LogP contribution is -2.35. The number of aromatic amines is 1. The van der Waals surface area contributed by atoms with Gasteiger partial charge in [0.15, 0.2) is 0 Å². The predicted octanol–water partition coefficient (Wildman–Crippen LogP) is 2.31. The molecule has 1 aliphatic heterocycles. The van der Waals surface area contributed by atoms with Crippen LogP contribution in [0.25, 0.3) is 0 Å². The van der Waals surface area contributed by atoms with Gasteiger partial charge in [-0.2, -0.15) is 0 Å². The van der Waals surface area contributed by atoms with Crippen LogP contribution in [0.3, 0.4) is 0 Å². The summed E-state index contributed by atoms with van der Waals surface area (Å²) >= 11 is 0. The van der Waals surface area contributed by atoms with E-state index in [-0.39, 0.29) is 5.56 Å². The molecular weight excluding hydrogens is 358 g/mol. The van der Waals surface area contributed by atoms with Crippen LogP contribution < -0.4 is 19.8 Å². The summed E-state index contributed by atoms with van der Waals surface area (Å²) in [6.45, 7) is 2.09. The SMILES string of the molecule is COc1cc(OC)c(CN2CCc3c(nc(CC4CC4)[nH]c3=O)C2)c(OC)c1. The van der Waals surface area contributed by atoms with Gasteiger partial charge in [0.1, 0.15) is 23.1 Å². The number of rotatable bonds is 7. The highest BCUT2D eigenvalue weighted by atomic mass is 16.5. The van der Waals surface area contributed by atoms with Crippen molar-refractivity contribution in [2.75, 3.05) is 27.9 Å². The molecule has 1 N–H and O–H groups in total. The maximum absolute atomic E-state index is 12.5. The van der Waals surface area contributed by atoms with Crippen molar-refractivity contribution in [2.24, 2.45) is 5.92 Å². The van der Waals surface area contributed by atoms with E-state index in [0.29, 0.717) is 31.2 Å². The van der Waals surface area contributed by atoms with E-state index in [4.69, 9.17) is 19.2 Å². The normalized spacial score (nSPS) is 16.5. The summed E-state index contributed by atoms with van der Waals surface area (Å²) < 4.78 is 16.5. The lowest BCUT2D eigenvalue weighted by molar-refractivity contribution is 0.232. The van der Waals surface area contributed by atoms with E-state index < -0.39 is 0 Å². The number of hydrogen-bond donors (Lipinski definition) is 1. The first kappa shape index (κ1) is 18.8. The summed E-state index contributed by atoms with van der Waals surface area (Å²) in [4.78, 5) is 22.5. The van der Waals surface area contributed by atoms with Gasteiger partial charge in [-0.25, -0.2) is 4.98 Å². The monoisotopic (exact) mass is 385 g/mol. The second-order valence-electron chi connectivity index (χ2n) is 7.56. The van der Waals surface area contributed by atoms with Crippen LogP contribution in [0.2, 0.25) is 0 Å². The maximum atomic E-state index is 12.5. The van der Waals surface area contributed by atoms with E-state index >= 15 is 0 Å². The fourth-order valence-electron chi connectivity index (χ4n) is 3.83. The lowest BCUT2D eigenvalue weighted by atomic mass is 10.0. The summed E-state index contributed by atoms with van der Waals surface area (Å²) in [6, 6.07) is 3.74. The van der Waals surface area contributed by atoms with Crippen LogP contribution in [-0.4, -0.2) is 42.7 Å². The number of methoxy groups -OCH3 is 3. The minimum Gasteiger partial charge on any atom is -0.496 e. The first-order valence-electron chi connectivity index (χ1n) is 9.73. The highest BCUT2D eigenvalue weighted by Gasteiger charge is 2.26. The number of ether oxygens (including phenoxy) is 3. The van der Waals surface area contributed by atoms with E-state index in [1.165, 1.54) is 12.8 Å². The molecule has 1 aliphatic carbocycles. The molecule has 0 radical (unpaired) electrons. The quantitative estimate of drug-likeness (QED) is 0.788. The van der Waals surface area contributed by atoms with Crippen molar-refractivity contribution in [3.63, 3.8) is 0 Å². The van der Waals surface area contributed by atoms with Gasteiger partial charge in [-0.15, -0.1) is 0 Å². The first-order valence-corrected chi connectivity index (χ1v) is 9.73. The largest absolute Gasteiger partial charge is 0.496 e. The molecular formula is C21H27N3O4. The van der Waals surface area contributed by atoms with Gasteiger partial charge in [-0.05, 0) is 25.2 Å². The van der Waals surface area contributed by atoms with E-state index in [1.54, 1.807) is 21.3 Å². The van der Waals surface area contributed by atoms with Crippen LogP contribution in [0.5, 0.6) is 17.2 Å². The Morgan fingerprint density at radius 2 is 1.86 bits per heavy atom. The van der Waals surface area contributed by atoms with Gasteiger partial charge in [-0.1, -0.05) is 0 Å². The standard InChI is InChI=1S/C21H27N3O4/c1-26-14-9-18(27-2)16(19(10-14)28-3)11-24-7-6-15-17(12-24)22-20(23-21(15)25)8-13-4-5-13/h9-10,13H,4-8,11-12H2,1-3H3,(H,22,23,25). The molecule has 4 rings (SSSR count). The van der Waals surface area contributed by atoms with Gasteiger partial charge in [0, 0.05) is 43.8 Å². The molecule has 1 fully saturated rings. The number of nitrogens with zero attached hydrogens (tertiary/aromatic N) is 2. The zero-order chi connectivity index (χ0) is 19.7. The van der Waals surface area contributed by atoms with Gasteiger partial charge in [-0.3, -0.25) is 9.69 Å². The summed E-state index contributed by atoms with van der Waals surface area (Å²) in [7, 11) is 4.92. The zero-order valence-electron chi connectivity index (χ0n) is 16.7. The molecule has 0 atom stereocenters. The van der Waals surface area contributed by atoms with Gasteiger partial charge < -0.3 is 19.2 Å². The van der Waals surface area contributed by atoms with Crippen LogP contribution in [0.1, 0.15) is 35.5 Å². The Kier molecular flexibility index (Phi) is 5.26. The topological polar surface area (TPSA) is 76.7 Å². The smallest absolute Gasteiger partial charge is 0.254 e. The molecule has 28 heavy (non-hydrogen) atoms. The zero-order valence-corrected chi connectivity index (χ0v) is 16.7. The molecule has 2 heterocycles. The number of aromatic nitrogens is 2. The molecule has 150 valence electrons. The van der Waals surface area contributed by atoms with E-state index in [1.807, 2.05) is 12.1 Å². The number of hydrogen-bond acceptors (Lipinski definition) is 6. The Morgan fingerprint density at radius 3 is 2.46 bits per heavy atom. The highest BCUT2D eigenvalue weighted by molar-refractivity contribution is 5.50. The molecule has 1 aromatic carbocycles. The minimum absolute atomic E-state index is 0.0277. The Bertz CT molecular complexity index is 895. The molecule has 0 saturated heterocycles. The molecule has 0 unspecified atom stereocenters. The molecule has 0 amide bonds. The summed E-state index contributed by atoms with van der Waals surface area (Å²) in [5, 5.41) is 0. The van der Waals surface area contributed by atoms with Crippen molar-refractivity contribution in [2.45, 2.75) is 38.8 Å². The molecule has 0 bridgehead atoms. The maximum Gasteiger partial charge on any atom is 0.254 e. The van der Waals surface area contributed by atoms with Crippen molar-refractivity contribution in [3.8, 4) is 17.2 Å². The summed E-state index contributed by atoms with van der Waals surface area (Å²) in [6.07, 6.45) is 4.05. The van der Waals surface area contributed by atoms with Crippen LogP contribution >= 0.6 is 0 Å². The second kappa shape index (κ2) is 7.83. The van der Waals surface area contributed by atoms with Crippen LogP contribution in [0.4, 0.5) is 0 Å². The Labute approximate surface area is 164 Å². The third-order valence-corrected chi connectivity index (χ3v) is 5.58. The van der Waals surface area contributed by atoms with Crippen LogP contribution in [-0.2, 0) is 25.9 Å². The molecule has 7 heteroatoms. The van der Waals surface area contributed by atoms with Gasteiger partial charge in [0.05, 0.1) is 32.6 Å². The van der Waals surface area contributed by atoms with Gasteiger partial charge in [0.25, 0.3) is 5.56 Å². The van der Waals surface area contributed by atoms with Crippen LogP contribution in [0.15, 0.2) is 16.9 Å². The Hall–Kier alpha value is -2.54. The first-order chi connectivity index (χ1) is 13.6. The van der Waals surface area contributed by atoms with Crippen LogP contribution in [0, 0.1) is 5.92 Å². The number of H-pyrrole nitrogens is 1.